The average Bonchev–Trinajstić information content (AvgIpc) is 3.10. The highest BCUT2D eigenvalue weighted by Crippen LogP contribution is 2.32. The minimum atomic E-state index is -0.194. The molecule has 120 valence electrons. The highest BCUT2D eigenvalue weighted by Gasteiger charge is 2.26. The van der Waals surface area contributed by atoms with Crippen LogP contribution in [0.3, 0.4) is 0 Å². The van der Waals surface area contributed by atoms with Gasteiger partial charge in [-0.3, -0.25) is 4.99 Å². The van der Waals surface area contributed by atoms with E-state index < -0.39 is 0 Å². The van der Waals surface area contributed by atoms with Crippen LogP contribution in [0.4, 0.5) is 4.39 Å². The van der Waals surface area contributed by atoms with Crippen LogP contribution in [0.2, 0.25) is 0 Å². The van der Waals surface area contributed by atoms with Gasteiger partial charge in [0.15, 0.2) is 10.8 Å². The lowest BCUT2D eigenvalue weighted by Gasteiger charge is -2.31. The molecule has 2 aromatic rings. The van der Waals surface area contributed by atoms with Gasteiger partial charge in [0.2, 0.25) is 0 Å². The molecule has 23 heavy (non-hydrogen) atoms. The summed E-state index contributed by atoms with van der Waals surface area (Å²) in [5.41, 5.74) is 2.67. The molecule has 0 bridgehead atoms. The number of hydrogen-bond acceptors (Lipinski definition) is 4. The molecule has 0 radical (unpaired) electrons. The van der Waals surface area contributed by atoms with Gasteiger partial charge in [-0.2, -0.15) is 0 Å². The van der Waals surface area contributed by atoms with Crippen molar-refractivity contribution < 1.29 is 4.39 Å². The van der Waals surface area contributed by atoms with Gasteiger partial charge in [-0.1, -0.05) is 28.1 Å². The highest BCUT2D eigenvalue weighted by molar-refractivity contribution is 9.09. The lowest BCUT2D eigenvalue weighted by atomic mass is 9.99. The fraction of sp³-hybridized carbons (Fsp3) is 0.294. The summed E-state index contributed by atoms with van der Waals surface area (Å²) in [6, 6.07) is 4.97. The van der Waals surface area contributed by atoms with Gasteiger partial charge in [-0.25, -0.2) is 9.37 Å². The monoisotopic (exact) mass is 393 g/mol. The molecular formula is C17H17BrFN3S. The van der Waals surface area contributed by atoms with E-state index in [4.69, 9.17) is 4.99 Å². The Morgan fingerprint density at radius 3 is 2.87 bits per heavy atom. The molecule has 0 spiro atoms. The van der Waals surface area contributed by atoms with E-state index in [1.807, 2.05) is 11.4 Å². The molecule has 3 rings (SSSR count). The van der Waals surface area contributed by atoms with Gasteiger partial charge in [-0.15, -0.1) is 11.3 Å². The number of hydrogen-bond donors (Lipinski definition) is 0. The summed E-state index contributed by atoms with van der Waals surface area (Å²) >= 11 is 5.13. The van der Waals surface area contributed by atoms with Crippen molar-refractivity contribution in [1.29, 1.82) is 0 Å². The molecule has 1 atom stereocenters. The van der Waals surface area contributed by atoms with E-state index in [9.17, 15) is 4.39 Å². The van der Waals surface area contributed by atoms with Crippen molar-refractivity contribution in [3.8, 4) is 0 Å². The predicted octanol–water partition coefficient (Wildman–Crippen LogP) is 4.69. The maximum Gasteiger partial charge on any atom is 0.165 e. The topological polar surface area (TPSA) is 28.5 Å². The van der Waals surface area contributed by atoms with Gasteiger partial charge in [0, 0.05) is 29.1 Å². The van der Waals surface area contributed by atoms with E-state index in [2.05, 4.69) is 38.8 Å². The standard InChI is InChI=1S/C17H17BrFN3S/c1-3-22-12(10-18)9-15(13-5-4-6-14(19)11(13)2)21-16(22)17-20-7-8-23-17/h4-9,15H,3,10H2,1-2H3/t15-/m0/s1. The van der Waals surface area contributed by atoms with Gasteiger partial charge in [0.25, 0.3) is 0 Å². The van der Waals surface area contributed by atoms with Crippen molar-refractivity contribution >= 4 is 33.1 Å². The van der Waals surface area contributed by atoms with Crippen molar-refractivity contribution in [2.24, 2.45) is 4.99 Å². The molecule has 1 aliphatic heterocycles. The van der Waals surface area contributed by atoms with Crippen LogP contribution < -0.4 is 0 Å². The van der Waals surface area contributed by atoms with Gasteiger partial charge < -0.3 is 4.90 Å². The lowest BCUT2D eigenvalue weighted by molar-refractivity contribution is 0.520. The number of halogens is 2. The third kappa shape index (κ3) is 3.10. The Morgan fingerprint density at radius 1 is 1.39 bits per heavy atom. The van der Waals surface area contributed by atoms with Gasteiger partial charge in [0.1, 0.15) is 5.82 Å². The van der Waals surface area contributed by atoms with Crippen LogP contribution in [-0.2, 0) is 0 Å². The summed E-state index contributed by atoms with van der Waals surface area (Å²) in [6.45, 7) is 4.70. The van der Waals surface area contributed by atoms with Crippen LogP contribution >= 0.6 is 27.3 Å². The zero-order valence-corrected chi connectivity index (χ0v) is 15.4. The minimum absolute atomic E-state index is 0.194. The van der Waals surface area contributed by atoms with Gasteiger partial charge in [0.05, 0.1) is 6.04 Å². The third-order valence-electron chi connectivity index (χ3n) is 3.92. The Kier molecular flexibility index (Phi) is 4.92. The molecule has 0 amide bonds. The predicted molar refractivity (Wildman–Crippen MR) is 96.8 cm³/mol. The van der Waals surface area contributed by atoms with E-state index in [0.29, 0.717) is 5.56 Å². The van der Waals surface area contributed by atoms with Crippen LogP contribution in [0.15, 0.2) is 46.5 Å². The fourth-order valence-electron chi connectivity index (χ4n) is 2.72. The summed E-state index contributed by atoms with van der Waals surface area (Å²) in [7, 11) is 0. The quantitative estimate of drug-likeness (QED) is 0.704. The molecule has 0 N–H and O–H groups in total. The number of nitrogens with zero attached hydrogens (tertiary/aromatic N) is 3. The first-order valence-corrected chi connectivity index (χ1v) is 9.42. The van der Waals surface area contributed by atoms with Crippen LogP contribution in [0.1, 0.15) is 29.1 Å². The van der Waals surface area contributed by atoms with Crippen molar-refractivity contribution in [2.45, 2.75) is 19.9 Å². The summed E-state index contributed by atoms with van der Waals surface area (Å²) < 4.78 is 13.9. The summed E-state index contributed by atoms with van der Waals surface area (Å²) in [5, 5.41) is 3.55. The molecule has 0 fully saturated rings. The minimum Gasteiger partial charge on any atom is -0.328 e. The van der Waals surface area contributed by atoms with Crippen molar-refractivity contribution in [2.75, 3.05) is 11.9 Å². The van der Waals surface area contributed by atoms with Gasteiger partial charge >= 0.3 is 0 Å². The van der Waals surface area contributed by atoms with E-state index in [-0.39, 0.29) is 11.9 Å². The van der Waals surface area contributed by atoms with E-state index >= 15 is 0 Å². The number of rotatable bonds is 4. The Bertz CT molecular complexity index is 755. The number of aromatic nitrogens is 1. The molecule has 3 nitrogen and oxygen atoms in total. The number of amidine groups is 1. The van der Waals surface area contributed by atoms with E-state index in [1.165, 1.54) is 6.07 Å². The zero-order valence-electron chi connectivity index (χ0n) is 13.0. The van der Waals surface area contributed by atoms with Crippen molar-refractivity contribution in [3.63, 3.8) is 0 Å². The zero-order chi connectivity index (χ0) is 16.4. The first-order valence-electron chi connectivity index (χ1n) is 7.42. The Hall–Kier alpha value is -1.53. The van der Waals surface area contributed by atoms with Crippen LogP contribution in [0, 0.1) is 12.7 Å². The number of allylic oxidation sites excluding steroid dienone is 1. The number of aliphatic imine (C=N–C) groups is 1. The smallest absolute Gasteiger partial charge is 0.165 e. The first-order chi connectivity index (χ1) is 11.2. The maximum absolute atomic E-state index is 13.9. The second-order valence-electron chi connectivity index (χ2n) is 5.22. The van der Waals surface area contributed by atoms with Crippen LogP contribution in [0.5, 0.6) is 0 Å². The molecule has 0 saturated heterocycles. The SMILES string of the molecule is CCN1C(CBr)=C[C@@H](c2cccc(F)c2C)N=C1c1nccs1. The second kappa shape index (κ2) is 6.93. The summed E-state index contributed by atoms with van der Waals surface area (Å²) in [4.78, 5) is 11.4. The lowest BCUT2D eigenvalue weighted by Crippen LogP contribution is -2.35. The molecule has 6 heteroatoms. The molecule has 1 aliphatic rings. The molecule has 0 unspecified atom stereocenters. The molecule has 0 aliphatic carbocycles. The fourth-order valence-corrected chi connectivity index (χ4v) is 3.86. The molecule has 1 aromatic carbocycles. The maximum atomic E-state index is 13.9. The molecule has 1 aromatic heterocycles. The summed E-state index contributed by atoms with van der Waals surface area (Å²) in [5.74, 6) is 0.660. The van der Waals surface area contributed by atoms with Crippen molar-refractivity contribution in [1.82, 2.24) is 9.88 Å². The molecular weight excluding hydrogens is 377 g/mol. The van der Waals surface area contributed by atoms with E-state index in [0.717, 1.165) is 34.0 Å². The number of alkyl halides is 1. The largest absolute Gasteiger partial charge is 0.328 e. The average molecular weight is 394 g/mol. The Labute approximate surface area is 147 Å². The van der Waals surface area contributed by atoms with Crippen LogP contribution in [0.25, 0.3) is 0 Å². The molecule has 0 saturated carbocycles. The van der Waals surface area contributed by atoms with Crippen LogP contribution in [-0.4, -0.2) is 27.6 Å². The Morgan fingerprint density at radius 2 is 2.22 bits per heavy atom. The van der Waals surface area contributed by atoms with E-state index in [1.54, 1.807) is 30.5 Å². The second-order valence-corrected chi connectivity index (χ2v) is 6.68. The van der Waals surface area contributed by atoms with Crippen molar-refractivity contribution in [3.05, 3.63) is 63.5 Å². The molecule has 2 heterocycles. The normalized spacial score (nSPS) is 17.9. The summed E-state index contributed by atoms with van der Waals surface area (Å²) in [6.07, 6.45) is 3.88. The number of benzene rings is 1. The first kappa shape index (κ1) is 16.3. The Balaban J connectivity index is 2.11. The van der Waals surface area contributed by atoms with Gasteiger partial charge in [-0.05, 0) is 37.1 Å². The third-order valence-corrected chi connectivity index (χ3v) is 5.26. The number of thiazole rings is 1. The highest BCUT2D eigenvalue weighted by atomic mass is 79.9.